The molecule has 0 saturated carbocycles. The summed E-state index contributed by atoms with van der Waals surface area (Å²) < 4.78 is 5.05. The van der Waals surface area contributed by atoms with Gasteiger partial charge in [-0.3, -0.25) is 14.9 Å². The third-order valence-electron chi connectivity index (χ3n) is 3.71. The van der Waals surface area contributed by atoms with Crippen LogP contribution < -0.4 is 4.90 Å². The minimum atomic E-state index is -0.561. The summed E-state index contributed by atoms with van der Waals surface area (Å²) in [4.78, 5) is 24.2. The SMILES string of the molecule is CCOC(=O)C1CCCN(c2cccc([N+](=O)[O-])c2C#N)C1. The van der Waals surface area contributed by atoms with Crippen LogP contribution in [-0.4, -0.2) is 30.6 Å². The molecule has 0 spiro atoms. The Balaban J connectivity index is 2.28. The predicted molar refractivity (Wildman–Crippen MR) is 79.4 cm³/mol. The zero-order chi connectivity index (χ0) is 16.1. The fourth-order valence-electron chi connectivity index (χ4n) is 2.71. The predicted octanol–water partition coefficient (Wildman–Crippen LogP) is 2.25. The van der Waals surface area contributed by atoms with Gasteiger partial charge < -0.3 is 9.64 Å². The van der Waals surface area contributed by atoms with Gasteiger partial charge in [-0.15, -0.1) is 0 Å². The van der Waals surface area contributed by atoms with E-state index < -0.39 is 4.92 Å². The number of ether oxygens (including phenoxy) is 1. The molecule has 0 N–H and O–H groups in total. The number of nitriles is 1. The van der Waals surface area contributed by atoms with Gasteiger partial charge in [0.1, 0.15) is 6.07 Å². The standard InChI is InChI=1S/C15H17N3O4/c1-2-22-15(19)11-5-4-8-17(10-11)13-6-3-7-14(18(20)21)12(13)9-16/h3,6-7,11H,2,4-5,8,10H2,1H3. The molecule has 1 heterocycles. The molecule has 0 bridgehead atoms. The van der Waals surface area contributed by atoms with Crippen LogP contribution in [0.25, 0.3) is 0 Å². The summed E-state index contributed by atoms with van der Waals surface area (Å²) in [6, 6.07) is 6.46. The summed E-state index contributed by atoms with van der Waals surface area (Å²) in [5.74, 6) is -0.518. The van der Waals surface area contributed by atoms with Crippen molar-refractivity contribution in [3.8, 4) is 6.07 Å². The van der Waals surface area contributed by atoms with Gasteiger partial charge >= 0.3 is 5.97 Å². The molecule has 0 amide bonds. The number of carbonyl (C=O) groups is 1. The van der Waals surface area contributed by atoms with Gasteiger partial charge in [0.15, 0.2) is 5.56 Å². The van der Waals surface area contributed by atoms with Crippen LogP contribution in [-0.2, 0) is 9.53 Å². The highest BCUT2D eigenvalue weighted by atomic mass is 16.6. The maximum atomic E-state index is 11.9. The Bertz CT molecular complexity index is 624. The second kappa shape index (κ2) is 6.89. The average molecular weight is 303 g/mol. The number of hydrogen-bond donors (Lipinski definition) is 0. The van der Waals surface area contributed by atoms with Gasteiger partial charge in [-0.25, -0.2) is 0 Å². The molecule has 2 rings (SSSR count). The fourth-order valence-corrected chi connectivity index (χ4v) is 2.71. The van der Waals surface area contributed by atoms with Crippen molar-refractivity contribution in [3.05, 3.63) is 33.9 Å². The number of carbonyl (C=O) groups excluding carboxylic acids is 1. The highest BCUT2D eigenvalue weighted by Gasteiger charge is 2.29. The molecule has 1 aliphatic heterocycles. The first-order chi connectivity index (χ1) is 10.6. The molecule has 1 aromatic rings. The lowest BCUT2D eigenvalue weighted by molar-refractivity contribution is -0.385. The van der Waals surface area contributed by atoms with Crippen molar-refractivity contribution in [2.24, 2.45) is 5.92 Å². The van der Waals surface area contributed by atoms with Crippen molar-refractivity contribution < 1.29 is 14.5 Å². The van der Waals surface area contributed by atoms with Crippen molar-refractivity contribution in [1.82, 2.24) is 0 Å². The first kappa shape index (κ1) is 15.8. The molecule has 1 saturated heterocycles. The largest absolute Gasteiger partial charge is 0.466 e. The number of rotatable bonds is 4. The number of nitro benzene ring substituents is 1. The van der Waals surface area contributed by atoms with E-state index >= 15 is 0 Å². The first-order valence-electron chi connectivity index (χ1n) is 7.17. The fraction of sp³-hybridized carbons (Fsp3) is 0.467. The molecule has 7 heteroatoms. The van der Waals surface area contributed by atoms with Gasteiger partial charge in [-0.1, -0.05) is 6.07 Å². The Morgan fingerprint density at radius 2 is 2.36 bits per heavy atom. The summed E-state index contributed by atoms with van der Waals surface area (Å²) in [5, 5.41) is 20.3. The maximum absolute atomic E-state index is 11.9. The van der Waals surface area contributed by atoms with Crippen molar-refractivity contribution in [3.63, 3.8) is 0 Å². The molecule has 1 aromatic carbocycles. The number of hydrogen-bond acceptors (Lipinski definition) is 6. The second-order valence-electron chi connectivity index (χ2n) is 5.08. The van der Waals surface area contributed by atoms with Gasteiger partial charge in [-0.05, 0) is 25.8 Å². The van der Waals surface area contributed by atoms with Crippen molar-refractivity contribution >= 4 is 17.3 Å². The number of anilines is 1. The van der Waals surface area contributed by atoms with Gasteiger partial charge in [-0.2, -0.15) is 5.26 Å². The van der Waals surface area contributed by atoms with E-state index in [1.54, 1.807) is 19.1 Å². The Morgan fingerprint density at radius 1 is 1.59 bits per heavy atom. The summed E-state index contributed by atoms with van der Waals surface area (Å²) in [5.41, 5.74) is 0.334. The van der Waals surface area contributed by atoms with E-state index in [4.69, 9.17) is 4.74 Å². The third-order valence-corrected chi connectivity index (χ3v) is 3.71. The van der Waals surface area contributed by atoms with Crippen LogP contribution in [0.4, 0.5) is 11.4 Å². The Morgan fingerprint density at radius 3 is 3.00 bits per heavy atom. The third kappa shape index (κ3) is 3.17. The summed E-state index contributed by atoms with van der Waals surface area (Å²) in [6.45, 7) is 3.16. The van der Waals surface area contributed by atoms with Crippen molar-refractivity contribution in [1.29, 1.82) is 5.26 Å². The molecule has 116 valence electrons. The maximum Gasteiger partial charge on any atom is 0.310 e. The van der Waals surface area contributed by atoms with Crippen LogP contribution in [0, 0.1) is 27.4 Å². The van der Waals surface area contributed by atoms with Gasteiger partial charge in [0.25, 0.3) is 5.69 Å². The average Bonchev–Trinajstić information content (AvgIpc) is 2.54. The van der Waals surface area contributed by atoms with E-state index in [0.717, 1.165) is 12.8 Å². The van der Waals surface area contributed by atoms with Crippen LogP contribution >= 0.6 is 0 Å². The van der Waals surface area contributed by atoms with Crippen LogP contribution in [0.15, 0.2) is 18.2 Å². The van der Waals surface area contributed by atoms with Gasteiger partial charge in [0.05, 0.1) is 23.1 Å². The van der Waals surface area contributed by atoms with Gasteiger partial charge in [0.2, 0.25) is 0 Å². The van der Waals surface area contributed by atoms with Crippen LogP contribution in [0.2, 0.25) is 0 Å². The molecule has 0 radical (unpaired) electrons. The highest BCUT2D eigenvalue weighted by Crippen LogP contribution is 2.31. The minimum Gasteiger partial charge on any atom is -0.466 e. The zero-order valence-electron chi connectivity index (χ0n) is 12.3. The van der Waals surface area contributed by atoms with E-state index in [-0.39, 0.29) is 23.1 Å². The Hall–Kier alpha value is -2.62. The smallest absolute Gasteiger partial charge is 0.310 e. The molecule has 22 heavy (non-hydrogen) atoms. The summed E-state index contributed by atoms with van der Waals surface area (Å²) in [7, 11) is 0. The number of benzene rings is 1. The molecule has 7 nitrogen and oxygen atoms in total. The summed E-state index contributed by atoms with van der Waals surface area (Å²) in [6.07, 6.45) is 1.50. The molecule has 1 atom stereocenters. The summed E-state index contributed by atoms with van der Waals surface area (Å²) >= 11 is 0. The topological polar surface area (TPSA) is 96.5 Å². The Kier molecular flexibility index (Phi) is 4.94. The normalized spacial score (nSPS) is 17.6. The van der Waals surface area contributed by atoms with Crippen molar-refractivity contribution in [2.45, 2.75) is 19.8 Å². The van der Waals surface area contributed by atoms with Crippen LogP contribution in [0.5, 0.6) is 0 Å². The van der Waals surface area contributed by atoms with E-state index in [0.29, 0.717) is 25.4 Å². The lowest BCUT2D eigenvalue weighted by Gasteiger charge is -2.33. The quantitative estimate of drug-likeness (QED) is 0.481. The monoisotopic (exact) mass is 303 g/mol. The molecule has 0 aromatic heterocycles. The molecule has 1 fully saturated rings. The molecular formula is C15H17N3O4. The first-order valence-corrected chi connectivity index (χ1v) is 7.17. The molecule has 1 unspecified atom stereocenters. The number of nitro groups is 1. The Labute approximate surface area is 128 Å². The number of esters is 1. The van der Waals surface area contributed by atoms with E-state index in [2.05, 4.69) is 0 Å². The van der Waals surface area contributed by atoms with Crippen molar-refractivity contribution in [2.75, 3.05) is 24.6 Å². The minimum absolute atomic E-state index is 0.0389. The highest BCUT2D eigenvalue weighted by molar-refractivity contribution is 5.75. The second-order valence-corrected chi connectivity index (χ2v) is 5.08. The number of nitrogens with zero attached hydrogens (tertiary/aromatic N) is 3. The molecule has 1 aliphatic rings. The lowest BCUT2D eigenvalue weighted by Crippen LogP contribution is -2.39. The molecular weight excluding hydrogens is 286 g/mol. The van der Waals surface area contributed by atoms with E-state index in [1.807, 2.05) is 11.0 Å². The van der Waals surface area contributed by atoms with E-state index in [1.165, 1.54) is 6.07 Å². The lowest BCUT2D eigenvalue weighted by atomic mass is 9.97. The molecule has 0 aliphatic carbocycles. The van der Waals surface area contributed by atoms with Crippen LogP contribution in [0.1, 0.15) is 25.3 Å². The number of piperidine rings is 1. The van der Waals surface area contributed by atoms with E-state index in [9.17, 15) is 20.2 Å². The van der Waals surface area contributed by atoms with Gasteiger partial charge in [0, 0.05) is 19.2 Å². The van der Waals surface area contributed by atoms with Crippen LogP contribution in [0.3, 0.4) is 0 Å². The zero-order valence-corrected chi connectivity index (χ0v) is 12.3.